The summed E-state index contributed by atoms with van der Waals surface area (Å²) in [7, 11) is 0. The fourth-order valence-electron chi connectivity index (χ4n) is 3.76. The molecule has 1 atom stereocenters. The van der Waals surface area contributed by atoms with Crippen molar-refractivity contribution in [2.75, 3.05) is 18.1 Å². The number of halogens is 1. The third kappa shape index (κ3) is 5.61. The Hall–Kier alpha value is -1.60. The van der Waals surface area contributed by atoms with Crippen LogP contribution in [0.1, 0.15) is 37.8 Å². The van der Waals surface area contributed by atoms with Gasteiger partial charge in [-0.3, -0.25) is 9.69 Å². The quantitative estimate of drug-likeness (QED) is 0.366. The Balaban J connectivity index is 1.58. The van der Waals surface area contributed by atoms with Gasteiger partial charge in [-0.15, -0.1) is 11.8 Å². The normalized spacial score (nSPS) is 16.4. The van der Waals surface area contributed by atoms with Crippen molar-refractivity contribution in [1.29, 1.82) is 0 Å². The number of aryl methyl sites for hydroxylation is 1. The summed E-state index contributed by atoms with van der Waals surface area (Å²) in [4.78, 5) is 21.2. The molecule has 1 unspecified atom stereocenters. The van der Waals surface area contributed by atoms with Crippen molar-refractivity contribution in [3.63, 3.8) is 0 Å². The number of anilines is 1. The topological polar surface area (TPSA) is 42.4 Å². The van der Waals surface area contributed by atoms with E-state index in [9.17, 15) is 4.79 Å². The first-order chi connectivity index (χ1) is 14.9. The van der Waals surface area contributed by atoms with Gasteiger partial charge in [0, 0.05) is 21.8 Å². The summed E-state index contributed by atoms with van der Waals surface area (Å²) in [5.41, 5.74) is 2.94. The molecule has 0 bridgehead atoms. The van der Waals surface area contributed by atoms with Gasteiger partial charge in [-0.05, 0) is 55.2 Å². The number of thiazole rings is 1. The maximum atomic E-state index is 13.4. The Morgan fingerprint density at radius 3 is 2.77 bits per heavy atom. The lowest BCUT2D eigenvalue weighted by Gasteiger charge is -2.23. The molecule has 4 nitrogen and oxygen atoms in total. The van der Waals surface area contributed by atoms with Crippen LogP contribution in [0.3, 0.4) is 0 Å². The lowest BCUT2D eigenvalue weighted by atomic mass is 10.1. The summed E-state index contributed by atoms with van der Waals surface area (Å²) in [6.45, 7) is 7.65. The number of benzene rings is 2. The van der Waals surface area contributed by atoms with Crippen molar-refractivity contribution in [2.45, 2.75) is 56.3 Å². The van der Waals surface area contributed by atoms with Gasteiger partial charge >= 0.3 is 0 Å². The number of carbonyl (C=O) groups excluding carboxylic acids is 1. The standard InChI is InChI=1S/C24H27ClN2O2S2/c1-15(2)30-20-8-6-17(7-9-20)12-22(28)27(14-19-5-4-10-29-19)24-26-23-16(3)11-18(25)13-21(23)31-24/h6-9,11,13,15,19H,4-5,10,12,14H2,1-3H3. The molecule has 0 radical (unpaired) electrons. The summed E-state index contributed by atoms with van der Waals surface area (Å²) >= 11 is 9.58. The van der Waals surface area contributed by atoms with Crippen LogP contribution in [0, 0.1) is 6.92 Å². The van der Waals surface area contributed by atoms with Crippen LogP contribution in [0.5, 0.6) is 0 Å². The molecule has 7 heteroatoms. The monoisotopic (exact) mass is 474 g/mol. The number of carbonyl (C=O) groups is 1. The third-order valence-corrected chi connectivity index (χ3v) is 7.49. The smallest absolute Gasteiger partial charge is 0.233 e. The molecule has 0 aliphatic carbocycles. The number of hydrogen-bond acceptors (Lipinski definition) is 5. The van der Waals surface area contributed by atoms with Crippen molar-refractivity contribution in [2.24, 2.45) is 0 Å². The zero-order valence-electron chi connectivity index (χ0n) is 18.1. The molecule has 2 heterocycles. The summed E-state index contributed by atoms with van der Waals surface area (Å²) in [5, 5.41) is 1.94. The highest BCUT2D eigenvalue weighted by molar-refractivity contribution is 7.99. The number of amides is 1. The number of nitrogens with zero attached hydrogens (tertiary/aromatic N) is 2. The van der Waals surface area contributed by atoms with Gasteiger partial charge in [0.15, 0.2) is 5.13 Å². The molecule has 1 aliphatic heterocycles. The minimum Gasteiger partial charge on any atom is -0.376 e. The maximum Gasteiger partial charge on any atom is 0.233 e. The predicted octanol–water partition coefficient (Wildman–Crippen LogP) is 6.51. The molecule has 1 saturated heterocycles. The zero-order chi connectivity index (χ0) is 22.0. The second-order valence-corrected chi connectivity index (χ2v) is 11.3. The van der Waals surface area contributed by atoms with E-state index in [0.717, 1.165) is 40.8 Å². The van der Waals surface area contributed by atoms with Crippen LogP contribution in [0.15, 0.2) is 41.3 Å². The average molecular weight is 475 g/mol. The SMILES string of the molecule is Cc1cc(Cl)cc2sc(N(CC3CCCO3)C(=O)Cc3ccc(SC(C)C)cc3)nc12. The van der Waals surface area contributed by atoms with E-state index in [1.807, 2.05) is 35.7 Å². The van der Waals surface area contributed by atoms with Gasteiger partial charge in [-0.2, -0.15) is 0 Å². The highest BCUT2D eigenvalue weighted by Gasteiger charge is 2.26. The second-order valence-electron chi connectivity index (χ2n) is 8.19. The summed E-state index contributed by atoms with van der Waals surface area (Å²) < 4.78 is 6.83. The fraction of sp³-hybridized carbons (Fsp3) is 0.417. The van der Waals surface area contributed by atoms with Gasteiger partial charge in [-0.25, -0.2) is 4.98 Å². The number of ether oxygens (including phenoxy) is 1. The molecular formula is C24H27ClN2O2S2. The van der Waals surface area contributed by atoms with E-state index in [2.05, 4.69) is 38.1 Å². The highest BCUT2D eigenvalue weighted by atomic mass is 35.5. The van der Waals surface area contributed by atoms with Crippen LogP contribution in [0.2, 0.25) is 5.02 Å². The van der Waals surface area contributed by atoms with Crippen LogP contribution in [-0.2, 0) is 16.0 Å². The van der Waals surface area contributed by atoms with Crippen molar-refractivity contribution < 1.29 is 9.53 Å². The van der Waals surface area contributed by atoms with Gasteiger partial charge < -0.3 is 4.74 Å². The van der Waals surface area contributed by atoms with Gasteiger partial charge in [0.25, 0.3) is 0 Å². The summed E-state index contributed by atoms with van der Waals surface area (Å²) in [6.07, 6.45) is 2.41. The number of aromatic nitrogens is 1. The molecule has 164 valence electrons. The van der Waals surface area contributed by atoms with E-state index in [-0.39, 0.29) is 12.0 Å². The van der Waals surface area contributed by atoms with E-state index in [4.69, 9.17) is 21.3 Å². The number of rotatable bonds is 7. The van der Waals surface area contributed by atoms with Gasteiger partial charge in [-0.1, -0.05) is 48.9 Å². The Kier molecular flexibility index (Phi) is 7.22. The van der Waals surface area contributed by atoms with Crippen LogP contribution in [0.4, 0.5) is 5.13 Å². The van der Waals surface area contributed by atoms with Crippen molar-refractivity contribution in [3.05, 3.63) is 52.5 Å². The Morgan fingerprint density at radius 2 is 2.10 bits per heavy atom. The minimum absolute atomic E-state index is 0.0440. The Labute approximate surface area is 196 Å². The van der Waals surface area contributed by atoms with Gasteiger partial charge in [0.05, 0.1) is 29.3 Å². The van der Waals surface area contributed by atoms with Crippen molar-refractivity contribution >= 4 is 56.0 Å². The van der Waals surface area contributed by atoms with E-state index in [1.54, 1.807) is 0 Å². The largest absolute Gasteiger partial charge is 0.376 e. The second kappa shape index (κ2) is 9.90. The maximum absolute atomic E-state index is 13.4. The third-order valence-electron chi connectivity index (χ3n) is 5.23. The first kappa shape index (κ1) is 22.6. The molecule has 1 fully saturated rings. The molecule has 31 heavy (non-hydrogen) atoms. The molecule has 4 rings (SSSR count). The highest BCUT2D eigenvalue weighted by Crippen LogP contribution is 2.34. The fourth-order valence-corrected chi connectivity index (χ4v) is 6.05. The predicted molar refractivity (Wildman–Crippen MR) is 132 cm³/mol. The van der Waals surface area contributed by atoms with E-state index >= 15 is 0 Å². The average Bonchev–Trinajstić information content (AvgIpc) is 3.36. The molecule has 2 aromatic carbocycles. The van der Waals surface area contributed by atoms with Gasteiger partial charge in [0.1, 0.15) is 0 Å². The number of fused-ring (bicyclic) bond motifs is 1. The van der Waals surface area contributed by atoms with Crippen LogP contribution >= 0.6 is 34.7 Å². The number of thioether (sulfide) groups is 1. The van der Waals surface area contributed by atoms with Crippen LogP contribution in [-0.4, -0.2) is 35.4 Å². The molecule has 0 saturated carbocycles. The Bertz CT molecular complexity index is 1060. The molecular weight excluding hydrogens is 448 g/mol. The molecule has 0 spiro atoms. The summed E-state index contributed by atoms with van der Waals surface area (Å²) in [6, 6.07) is 12.1. The Morgan fingerprint density at radius 1 is 1.32 bits per heavy atom. The van der Waals surface area contributed by atoms with E-state index in [1.165, 1.54) is 16.2 Å². The lowest BCUT2D eigenvalue weighted by Crippen LogP contribution is -2.38. The molecule has 1 aliphatic rings. The molecule has 1 amide bonds. The molecule has 0 N–H and O–H groups in total. The van der Waals surface area contributed by atoms with Crippen molar-refractivity contribution in [3.8, 4) is 0 Å². The zero-order valence-corrected chi connectivity index (χ0v) is 20.4. The first-order valence-electron chi connectivity index (χ1n) is 10.6. The molecule has 3 aromatic rings. The van der Waals surface area contributed by atoms with E-state index < -0.39 is 0 Å². The number of hydrogen-bond donors (Lipinski definition) is 0. The minimum atomic E-state index is 0.0440. The lowest BCUT2D eigenvalue weighted by molar-refractivity contribution is -0.118. The van der Waals surface area contributed by atoms with Crippen molar-refractivity contribution in [1.82, 2.24) is 4.98 Å². The van der Waals surface area contributed by atoms with Crippen LogP contribution in [0.25, 0.3) is 10.2 Å². The van der Waals surface area contributed by atoms with E-state index in [0.29, 0.717) is 28.4 Å². The first-order valence-corrected chi connectivity index (χ1v) is 12.7. The summed E-state index contributed by atoms with van der Waals surface area (Å²) in [5.74, 6) is 0.0440. The molecule has 1 aromatic heterocycles. The van der Waals surface area contributed by atoms with Crippen LogP contribution < -0.4 is 4.90 Å². The van der Waals surface area contributed by atoms with Gasteiger partial charge in [0.2, 0.25) is 5.91 Å².